The SMILES string of the molecule is C[C@H](c1cn(-c2ccccc2)nn1)N1CCc2nn(C)c(=O)cc2C1. The van der Waals surface area contributed by atoms with Crippen molar-refractivity contribution in [3.05, 3.63) is 69.9 Å². The predicted octanol–water partition coefficient (Wildman–Crippen LogP) is 1.48. The number of para-hydroxylation sites is 1. The summed E-state index contributed by atoms with van der Waals surface area (Å²) < 4.78 is 3.20. The Bertz CT molecular complexity index is 946. The van der Waals surface area contributed by atoms with Crippen molar-refractivity contribution in [2.75, 3.05) is 6.54 Å². The van der Waals surface area contributed by atoms with Gasteiger partial charge in [0.2, 0.25) is 0 Å². The monoisotopic (exact) mass is 336 g/mol. The molecule has 1 aromatic carbocycles. The summed E-state index contributed by atoms with van der Waals surface area (Å²) in [4.78, 5) is 14.2. The van der Waals surface area contributed by atoms with E-state index in [4.69, 9.17) is 0 Å². The van der Waals surface area contributed by atoms with E-state index in [9.17, 15) is 4.79 Å². The maximum absolute atomic E-state index is 11.9. The minimum absolute atomic E-state index is 0.0664. The third kappa shape index (κ3) is 2.98. The summed E-state index contributed by atoms with van der Waals surface area (Å²) >= 11 is 0. The largest absolute Gasteiger partial charge is 0.290 e. The third-order valence-corrected chi connectivity index (χ3v) is 4.77. The van der Waals surface area contributed by atoms with Gasteiger partial charge < -0.3 is 0 Å². The topological polar surface area (TPSA) is 68.8 Å². The van der Waals surface area contributed by atoms with Gasteiger partial charge in [0, 0.05) is 32.6 Å². The molecule has 25 heavy (non-hydrogen) atoms. The summed E-state index contributed by atoms with van der Waals surface area (Å²) in [6.07, 6.45) is 2.80. The average molecular weight is 336 g/mol. The van der Waals surface area contributed by atoms with Crippen LogP contribution in [0, 0.1) is 0 Å². The van der Waals surface area contributed by atoms with Crippen LogP contribution in [0.25, 0.3) is 5.69 Å². The van der Waals surface area contributed by atoms with E-state index in [-0.39, 0.29) is 11.6 Å². The Kier molecular flexibility index (Phi) is 3.93. The van der Waals surface area contributed by atoms with Crippen LogP contribution in [0.3, 0.4) is 0 Å². The molecule has 0 saturated heterocycles. The van der Waals surface area contributed by atoms with Gasteiger partial charge >= 0.3 is 0 Å². The highest BCUT2D eigenvalue weighted by atomic mass is 16.1. The smallest absolute Gasteiger partial charge is 0.266 e. The van der Waals surface area contributed by atoms with Crippen LogP contribution < -0.4 is 5.56 Å². The highest BCUT2D eigenvalue weighted by molar-refractivity contribution is 5.30. The molecule has 0 unspecified atom stereocenters. The summed E-state index contributed by atoms with van der Waals surface area (Å²) in [6.45, 7) is 3.72. The van der Waals surface area contributed by atoms with Crippen molar-refractivity contribution >= 4 is 0 Å². The molecule has 0 bridgehead atoms. The lowest BCUT2D eigenvalue weighted by Gasteiger charge is -2.32. The first kappa shape index (κ1) is 15.7. The highest BCUT2D eigenvalue weighted by Crippen LogP contribution is 2.25. The molecule has 7 nitrogen and oxygen atoms in total. The van der Waals surface area contributed by atoms with Gasteiger partial charge in [-0.2, -0.15) is 5.10 Å². The Labute approximate surface area is 145 Å². The van der Waals surface area contributed by atoms with Crippen LogP contribution in [0.15, 0.2) is 47.4 Å². The van der Waals surface area contributed by atoms with Crippen LogP contribution in [0.5, 0.6) is 0 Å². The molecule has 3 heterocycles. The van der Waals surface area contributed by atoms with Crippen molar-refractivity contribution in [2.45, 2.75) is 25.9 Å². The fourth-order valence-electron chi connectivity index (χ4n) is 3.21. The standard InChI is InChI=1S/C18H20N6O/c1-13(17-12-24(21-19-17)15-6-4-3-5-7-15)23-9-8-16-14(11-23)10-18(25)22(2)20-16/h3-7,10,12-13H,8-9,11H2,1-2H3/t13-/m1/s1. The van der Waals surface area contributed by atoms with E-state index in [0.29, 0.717) is 6.54 Å². The summed E-state index contributed by atoms with van der Waals surface area (Å²) in [6, 6.07) is 11.8. The van der Waals surface area contributed by atoms with Crippen molar-refractivity contribution in [3.63, 3.8) is 0 Å². The lowest BCUT2D eigenvalue weighted by atomic mass is 10.0. The number of nitrogens with zero attached hydrogens (tertiary/aromatic N) is 6. The van der Waals surface area contributed by atoms with E-state index in [1.807, 2.05) is 36.5 Å². The molecule has 1 aliphatic heterocycles. The molecular weight excluding hydrogens is 316 g/mol. The minimum atomic E-state index is -0.0664. The number of benzene rings is 1. The fourth-order valence-corrected chi connectivity index (χ4v) is 3.21. The Morgan fingerprint density at radius 1 is 1.20 bits per heavy atom. The van der Waals surface area contributed by atoms with Crippen molar-refractivity contribution in [2.24, 2.45) is 7.05 Å². The molecule has 3 aromatic rings. The Morgan fingerprint density at radius 2 is 2.00 bits per heavy atom. The van der Waals surface area contributed by atoms with Crippen LogP contribution in [-0.4, -0.2) is 36.2 Å². The molecule has 0 saturated carbocycles. The molecule has 0 aliphatic carbocycles. The molecule has 4 rings (SSSR count). The predicted molar refractivity (Wildman–Crippen MR) is 93.4 cm³/mol. The molecule has 7 heteroatoms. The van der Waals surface area contributed by atoms with Gasteiger partial charge in [-0.15, -0.1) is 5.10 Å². The van der Waals surface area contributed by atoms with Crippen molar-refractivity contribution < 1.29 is 0 Å². The first-order chi connectivity index (χ1) is 12.1. The molecule has 0 fully saturated rings. The molecule has 2 aromatic heterocycles. The third-order valence-electron chi connectivity index (χ3n) is 4.77. The second kappa shape index (κ2) is 6.25. The lowest BCUT2D eigenvalue weighted by Crippen LogP contribution is -2.36. The maximum atomic E-state index is 11.9. The quantitative estimate of drug-likeness (QED) is 0.725. The van der Waals surface area contributed by atoms with E-state index in [1.54, 1.807) is 17.8 Å². The van der Waals surface area contributed by atoms with Gasteiger partial charge in [-0.3, -0.25) is 9.69 Å². The van der Waals surface area contributed by atoms with E-state index < -0.39 is 0 Å². The Hall–Kier alpha value is -2.80. The summed E-state index contributed by atoms with van der Waals surface area (Å²) in [7, 11) is 1.69. The summed E-state index contributed by atoms with van der Waals surface area (Å²) in [5, 5.41) is 13.0. The molecule has 1 atom stereocenters. The lowest BCUT2D eigenvalue weighted by molar-refractivity contribution is 0.186. The van der Waals surface area contributed by atoms with E-state index >= 15 is 0 Å². The number of rotatable bonds is 3. The normalized spacial score (nSPS) is 15.8. The first-order valence-corrected chi connectivity index (χ1v) is 8.39. The molecular formula is C18H20N6O. The highest BCUT2D eigenvalue weighted by Gasteiger charge is 2.25. The van der Waals surface area contributed by atoms with Crippen LogP contribution in [-0.2, 0) is 20.0 Å². The van der Waals surface area contributed by atoms with Crippen molar-refractivity contribution in [1.29, 1.82) is 0 Å². The fraction of sp³-hybridized carbons (Fsp3) is 0.333. The van der Waals surface area contributed by atoms with Gasteiger partial charge in [0.15, 0.2) is 0 Å². The Balaban J connectivity index is 1.56. The molecule has 0 amide bonds. The molecule has 0 radical (unpaired) electrons. The van der Waals surface area contributed by atoms with Gasteiger partial charge in [0.1, 0.15) is 5.69 Å². The summed E-state index contributed by atoms with van der Waals surface area (Å²) in [5.74, 6) is 0. The van der Waals surface area contributed by atoms with Crippen LogP contribution >= 0.6 is 0 Å². The number of aromatic nitrogens is 5. The van der Waals surface area contributed by atoms with E-state index in [0.717, 1.165) is 35.6 Å². The zero-order valence-corrected chi connectivity index (χ0v) is 14.3. The maximum Gasteiger partial charge on any atom is 0.266 e. The van der Waals surface area contributed by atoms with Crippen LogP contribution in [0.2, 0.25) is 0 Å². The summed E-state index contributed by atoms with van der Waals surface area (Å²) in [5.41, 5.74) is 3.87. The zero-order chi connectivity index (χ0) is 17.4. The van der Waals surface area contributed by atoms with E-state index in [2.05, 4.69) is 27.2 Å². The molecule has 0 spiro atoms. The van der Waals surface area contributed by atoms with Crippen molar-refractivity contribution in [1.82, 2.24) is 29.7 Å². The van der Waals surface area contributed by atoms with Gasteiger partial charge in [-0.1, -0.05) is 23.4 Å². The zero-order valence-electron chi connectivity index (χ0n) is 14.3. The number of aryl methyl sites for hydroxylation is 1. The van der Waals surface area contributed by atoms with E-state index in [1.165, 1.54) is 4.68 Å². The average Bonchev–Trinajstić information content (AvgIpc) is 3.12. The molecule has 1 aliphatic rings. The van der Waals surface area contributed by atoms with Gasteiger partial charge in [-0.25, -0.2) is 9.36 Å². The van der Waals surface area contributed by atoms with Crippen LogP contribution in [0.1, 0.15) is 29.9 Å². The number of hydrogen-bond acceptors (Lipinski definition) is 5. The Morgan fingerprint density at radius 3 is 2.80 bits per heavy atom. The second-order valence-electron chi connectivity index (χ2n) is 6.40. The molecule has 128 valence electrons. The second-order valence-corrected chi connectivity index (χ2v) is 6.40. The number of hydrogen-bond donors (Lipinski definition) is 0. The molecule has 0 N–H and O–H groups in total. The van der Waals surface area contributed by atoms with Gasteiger partial charge in [-0.05, 0) is 24.6 Å². The van der Waals surface area contributed by atoms with Crippen molar-refractivity contribution in [3.8, 4) is 5.69 Å². The first-order valence-electron chi connectivity index (χ1n) is 8.39. The van der Waals surface area contributed by atoms with Gasteiger partial charge in [0.05, 0.1) is 23.6 Å². The number of fused-ring (bicyclic) bond motifs is 1. The van der Waals surface area contributed by atoms with Crippen LogP contribution in [0.4, 0.5) is 0 Å². The minimum Gasteiger partial charge on any atom is -0.290 e. The van der Waals surface area contributed by atoms with Gasteiger partial charge in [0.25, 0.3) is 5.56 Å².